The quantitative estimate of drug-likeness (QED) is 0.845. The lowest BCUT2D eigenvalue weighted by atomic mass is 10.2. The van der Waals surface area contributed by atoms with Crippen molar-refractivity contribution in [1.29, 1.82) is 0 Å². The number of anilines is 2. The molecule has 1 aromatic heterocycles. The highest BCUT2D eigenvalue weighted by Crippen LogP contribution is 2.25. The molecule has 2 heterocycles. The van der Waals surface area contributed by atoms with E-state index >= 15 is 0 Å². The summed E-state index contributed by atoms with van der Waals surface area (Å²) in [5.74, 6) is 2.02. The fraction of sp³-hybridized carbons (Fsp3) is 0.714. The van der Waals surface area contributed by atoms with Crippen LogP contribution >= 0.6 is 0 Å². The molecule has 0 aromatic carbocycles. The number of aromatic nitrogens is 2. The lowest BCUT2D eigenvalue weighted by Gasteiger charge is -2.26. The summed E-state index contributed by atoms with van der Waals surface area (Å²) in [6.45, 7) is 4.99. The van der Waals surface area contributed by atoms with Crippen LogP contribution in [0.1, 0.15) is 32.6 Å². The molecule has 19 heavy (non-hydrogen) atoms. The van der Waals surface area contributed by atoms with Gasteiger partial charge in [0.1, 0.15) is 18.0 Å². The number of rotatable bonds is 6. The molecular formula is C14H25N5. The van der Waals surface area contributed by atoms with Gasteiger partial charge in [0.25, 0.3) is 0 Å². The molecular weight excluding hydrogens is 238 g/mol. The van der Waals surface area contributed by atoms with Crippen molar-refractivity contribution in [3.05, 3.63) is 12.4 Å². The average Bonchev–Trinajstić information content (AvgIpc) is 2.93. The molecule has 0 aliphatic carbocycles. The van der Waals surface area contributed by atoms with Gasteiger partial charge in [0.15, 0.2) is 0 Å². The van der Waals surface area contributed by atoms with Crippen LogP contribution in [-0.2, 0) is 0 Å². The van der Waals surface area contributed by atoms with E-state index in [2.05, 4.69) is 39.8 Å². The van der Waals surface area contributed by atoms with Crippen molar-refractivity contribution < 1.29 is 0 Å². The van der Waals surface area contributed by atoms with E-state index in [-0.39, 0.29) is 0 Å². The van der Waals surface area contributed by atoms with E-state index in [0.717, 1.165) is 24.7 Å². The van der Waals surface area contributed by atoms with Gasteiger partial charge in [-0.1, -0.05) is 13.3 Å². The van der Waals surface area contributed by atoms with Gasteiger partial charge in [-0.2, -0.15) is 0 Å². The first-order valence-electron chi connectivity index (χ1n) is 7.26. The van der Waals surface area contributed by atoms with Crippen LogP contribution in [0.25, 0.3) is 0 Å². The molecule has 0 amide bonds. The van der Waals surface area contributed by atoms with Gasteiger partial charge < -0.3 is 15.5 Å². The van der Waals surface area contributed by atoms with Crippen molar-refractivity contribution in [2.24, 2.45) is 5.73 Å². The largest absolute Gasteiger partial charge is 0.360 e. The predicted octanol–water partition coefficient (Wildman–Crippen LogP) is 1.64. The second-order valence-electron chi connectivity index (χ2n) is 5.23. The third-order valence-corrected chi connectivity index (χ3v) is 3.82. The topological polar surface area (TPSA) is 58.3 Å². The van der Waals surface area contributed by atoms with Crippen LogP contribution in [0, 0.1) is 0 Å². The maximum Gasteiger partial charge on any atom is 0.134 e. The van der Waals surface area contributed by atoms with Gasteiger partial charge in [-0.05, 0) is 19.3 Å². The van der Waals surface area contributed by atoms with Gasteiger partial charge in [-0.15, -0.1) is 0 Å². The van der Waals surface area contributed by atoms with E-state index in [1.807, 2.05) is 0 Å². The fourth-order valence-electron chi connectivity index (χ4n) is 2.60. The fourth-order valence-corrected chi connectivity index (χ4v) is 2.60. The summed E-state index contributed by atoms with van der Waals surface area (Å²) >= 11 is 0. The molecule has 1 unspecified atom stereocenters. The highest BCUT2D eigenvalue weighted by Gasteiger charge is 2.24. The Morgan fingerprint density at radius 3 is 3.05 bits per heavy atom. The lowest BCUT2D eigenvalue weighted by Crippen LogP contribution is -2.36. The Morgan fingerprint density at radius 1 is 1.47 bits per heavy atom. The van der Waals surface area contributed by atoms with Crippen molar-refractivity contribution >= 4 is 11.6 Å². The molecule has 0 saturated carbocycles. The van der Waals surface area contributed by atoms with Crippen LogP contribution < -0.4 is 15.5 Å². The minimum atomic E-state index is 0.434. The standard InChI is InChI=1S/C14H25N5/c1-3-4-7-18(2)13-9-14(17-11-16-13)19-8-5-6-12(19)10-15/h9,11-12H,3-8,10,15H2,1-2H3. The van der Waals surface area contributed by atoms with E-state index in [1.54, 1.807) is 6.33 Å². The number of unbranched alkanes of at least 4 members (excludes halogenated alkanes) is 1. The molecule has 0 bridgehead atoms. The first kappa shape index (κ1) is 14.1. The van der Waals surface area contributed by atoms with E-state index in [9.17, 15) is 0 Å². The number of hydrogen-bond acceptors (Lipinski definition) is 5. The Labute approximate surface area is 115 Å². The van der Waals surface area contributed by atoms with E-state index in [0.29, 0.717) is 12.6 Å². The normalized spacial score (nSPS) is 18.9. The maximum atomic E-state index is 5.83. The second kappa shape index (κ2) is 6.70. The molecule has 1 aromatic rings. The van der Waals surface area contributed by atoms with Gasteiger partial charge in [-0.3, -0.25) is 0 Å². The summed E-state index contributed by atoms with van der Waals surface area (Å²) in [7, 11) is 2.09. The number of hydrogen-bond donors (Lipinski definition) is 1. The van der Waals surface area contributed by atoms with Gasteiger partial charge in [0.2, 0.25) is 0 Å². The molecule has 2 rings (SSSR count). The smallest absolute Gasteiger partial charge is 0.134 e. The number of nitrogens with zero attached hydrogens (tertiary/aromatic N) is 4. The highest BCUT2D eigenvalue weighted by molar-refractivity contribution is 5.51. The van der Waals surface area contributed by atoms with Crippen molar-refractivity contribution in [3.8, 4) is 0 Å². The highest BCUT2D eigenvalue weighted by atomic mass is 15.3. The number of nitrogens with two attached hydrogens (primary N) is 1. The Bertz CT molecular complexity index is 395. The van der Waals surface area contributed by atoms with Gasteiger partial charge >= 0.3 is 0 Å². The van der Waals surface area contributed by atoms with E-state index in [1.165, 1.54) is 25.7 Å². The molecule has 0 radical (unpaired) electrons. The summed E-state index contributed by atoms with van der Waals surface area (Å²) in [4.78, 5) is 13.3. The van der Waals surface area contributed by atoms with Crippen LogP contribution in [0.5, 0.6) is 0 Å². The third-order valence-electron chi connectivity index (χ3n) is 3.82. The lowest BCUT2D eigenvalue weighted by molar-refractivity contribution is 0.670. The van der Waals surface area contributed by atoms with Crippen molar-refractivity contribution in [2.45, 2.75) is 38.6 Å². The summed E-state index contributed by atoms with van der Waals surface area (Å²) < 4.78 is 0. The van der Waals surface area contributed by atoms with Crippen molar-refractivity contribution in [2.75, 3.05) is 36.5 Å². The predicted molar refractivity (Wildman–Crippen MR) is 79.6 cm³/mol. The molecule has 0 spiro atoms. The average molecular weight is 263 g/mol. The van der Waals surface area contributed by atoms with Crippen molar-refractivity contribution in [3.63, 3.8) is 0 Å². The Kier molecular flexibility index (Phi) is 4.96. The van der Waals surface area contributed by atoms with E-state index in [4.69, 9.17) is 5.73 Å². The summed E-state index contributed by atoms with van der Waals surface area (Å²) in [6.07, 6.45) is 6.42. The molecule has 5 nitrogen and oxygen atoms in total. The zero-order valence-electron chi connectivity index (χ0n) is 12.0. The van der Waals surface area contributed by atoms with Crippen molar-refractivity contribution in [1.82, 2.24) is 9.97 Å². The van der Waals surface area contributed by atoms with Crippen LogP contribution in [0.4, 0.5) is 11.6 Å². The Balaban J connectivity index is 2.10. The molecule has 1 saturated heterocycles. The van der Waals surface area contributed by atoms with E-state index < -0.39 is 0 Å². The Morgan fingerprint density at radius 2 is 2.32 bits per heavy atom. The summed E-state index contributed by atoms with van der Waals surface area (Å²) in [6, 6.07) is 2.52. The van der Waals surface area contributed by atoms with Crippen LogP contribution in [0.3, 0.4) is 0 Å². The van der Waals surface area contributed by atoms with Gasteiger partial charge in [0, 0.05) is 38.8 Å². The minimum absolute atomic E-state index is 0.434. The summed E-state index contributed by atoms with van der Waals surface area (Å²) in [5, 5.41) is 0. The first-order valence-corrected chi connectivity index (χ1v) is 7.26. The molecule has 1 atom stereocenters. The first-order chi connectivity index (χ1) is 9.26. The Hall–Kier alpha value is -1.36. The maximum absolute atomic E-state index is 5.83. The monoisotopic (exact) mass is 263 g/mol. The zero-order chi connectivity index (χ0) is 13.7. The van der Waals surface area contributed by atoms with Gasteiger partial charge in [-0.25, -0.2) is 9.97 Å². The minimum Gasteiger partial charge on any atom is -0.360 e. The van der Waals surface area contributed by atoms with Crippen LogP contribution in [0.15, 0.2) is 12.4 Å². The summed E-state index contributed by atoms with van der Waals surface area (Å²) in [5.41, 5.74) is 5.83. The second-order valence-corrected chi connectivity index (χ2v) is 5.23. The van der Waals surface area contributed by atoms with Crippen LogP contribution in [0.2, 0.25) is 0 Å². The van der Waals surface area contributed by atoms with Crippen LogP contribution in [-0.4, -0.2) is 42.7 Å². The SMILES string of the molecule is CCCCN(C)c1cc(N2CCCC2CN)ncn1. The zero-order valence-corrected chi connectivity index (χ0v) is 12.0. The molecule has 2 N–H and O–H groups in total. The molecule has 1 aliphatic rings. The molecule has 1 fully saturated rings. The van der Waals surface area contributed by atoms with Gasteiger partial charge in [0.05, 0.1) is 0 Å². The third kappa shape index (κ3) is 3.35. The molecule has 1 aliphatic heterocycles. The molecule has 5 heteroatoms. The molecule has 106 valence electrons.